The molecule has 1 atom stereocenters. The number of Topliss-reactive ketones (excluding diaryl/α,β-unsaturated/α-hetero) is 1. The van der Waals surface area contributed by atoms with Gasteiger partial charge in [0.25, 0.3) is 0 Å². The Morgan fingerprint density at radius 2 is 2.03 bits per heavy atom. The molecule has 0 radical (unpaired) electrons. The average Bonchev–Trinajstić information content (AvgIpc) is 3.22. The van der Waals surface area contributed by atoms with Crippen molar-refractivity contribution in [3.63, 3.8) is 0 Å². The van der Waals surface area contributed by atoms with E-state index in [0.717, 1.165) is 61.2 Å². The smallest absolute Gasteiger partial charge is 0.149 e. The summed E-state index contributed by atoms with van der Waals surface area (Å²) < 4.78 is 0. The number of hydrogen-bond donors (Lipinski definition) is 1. The number of H-pyrrole nitrogens is 1. The van der Waals surface area contributed by atoms with E-state index in [1.165, 1.54) is 23.8 Å². The van der Waals surface area contributed by atoms with Crippen LogP contribution >= 0.6 is 0 Å². The molecule has 0 spiro atoms. The van der Waals surface area contributed by atoms with Gasteiger partial charge in [0.15, 0.2) is 0 Å². The van der Waals surface area contributed by atoms with Gasteiger partial charge in [0.05, 0.1) is 18.3 Å². The molecule has 29 heavy (non-hydrogen) atoms. The summed E-state index contributed by atoms with van der Waals surface area (Å²) in [6, 6.07) is 4.28. The van der Waals surface area contributed by atoms with Crippen LogP contribution in [0.5, 0.6) is 0 Å². The van der Waals surface area contributed by atoms with E-state index in [9.17, 15) is 4.79 Å². The van der Waals surface area contributed by atoms with Crippen molar-refractivity contribution in [3.8, 4) is 0 Å². The predicted molar refractivity (Wildman–Crippen MR) is 116 cm³/mol. The highest BCUT2D eigenvalue weighted by Gasteiger charge is 2.30. The molecule has 1 aliphatic heterocycles. The minimum absolute atomic E-state index is 0.241. The lowest BCUT2D eigenvalue weighted by atomic mass is 9.76. The van der Waals surface area contributed by atoms with Crippen LogP contribution in [-0.2, 0) is 4.79 Å². The maximum Gasteiger partial charge on any atom is 0.149 e. The minimum atomic E-state index is 0.241. The maximum atomic E-state index is 12.9. The molecule has 5 heteroatoms. The molecular weight excluding hydrogens is 360 g/mol. The molecule has 1 unspecified atom stereocenters. The third-order valence-electron chi connectivity index (χ3n) is 7.07. The number of carbonyl (C=O) groups is 1. The van der Waals surface area contributed by atoms with Crippen LogP contribution in [0, 0.1) is 11.8 Å². The average molecular weight is 391 g/mol. The fourth-order valence-corrected chi connectivity index (χ4v) is 5.53. The first kappa shape index (κ1) is 18.7. The highest BCUT2D eigenvalue weighted by molar-refractivity contribution is 6.05. The molecule has 2 fully saturated rings. The molecule has 1 saturated heterocycles. The predicted octanol–water partition coefficient (Wildman–Crippen LogP) is 4.69. The van der Waals surface area contributed by atoms with Crippen molar-refractivity contribution < 1.29 is 4.79 Å². The number of rotatable bonds is 4. The lowest BCUT2D eigenvalue weighted by molar-refractivity contribution is -0.125. The standard InChI is InChI=1S/C24H30N4O/c1-16-3-2-12-28(14-16)15-22(29)18-6-4-17(5-7-18)19-8-10-25-21-13-27-24-20(23(19)21)9-11-26-24/h8-11,13,16-18H,2-7,12,14-15H2,1H3,(H,26,27). The Morgan fingerprint density at radius 1 is 1.17 bits per heavy atom. The molecule has 0 bridgehead atoms. The van der Waals surface area contributed by atoms with Gasteiger partial charge < -0.3 is 4.98 Å². The summed E-state index contributed by atoms with van der Waals surface area (Å²) in [6.07, 6.45) is 12.5. The van der Waals surface area contributed by atoms with Gasteiger partial charge in [-0.05, 0) is 74.6 Å². The van der Waals surface area contributed by atoms with Gasteiger partial charge in [-0.3, -0.25) is 14.7 Å². The summed E-state index contributed by atoms with van der Waals surface area (Å²) in [7, 11) is 0. The monoisotopic (exact) mass is 390 g/mol. The van der Waals surface area contributed by atoms with Crippen molar-refractivity contribution >= 4 is 27.7 Å². The van der Waals surface area contributed by atoms with Crippen LogP contribution in [-0.4, -0.2) is 45.3 Å². The third kappa shape index (κ3) is 3.68. The molecule has 3 aromatic heterocycles. The molecule has 5 rings (SSSR count). The summed E-state index contributed by atoms with van der Waals surface area (Å²) in [5.74, 6) is 1.94. The van der Waals surface area contributed by atoms with Gasteiger partial charge in [-0.2, -0.15) is 0 Å². The number of nitrogens with one attached hydrogen (secondary N) is 1. The third-order valence-corrected chi connectivity index (χ3v) is 7.07. The van der Waals surface area contributed by atoms with E-state index < -0.39 is 0 Å². The quantitative estimate of drug-likeness (QED) is 0.702. The molecule has 1 saturated carbocycles. The Labute approximate surface area is 171 Å². The first-order valence-corrected chi connectivity index (χ1v) is 11.1. The second-order valence-corrected chi connectivity index (χ2v) is 9.16. The van der Waals surface area contributed by atoms with E-state index in [2.05, 4.69) is 38.9 Å². The number of piperidine rings is 1. The number of aromatic amines is 1. The van der Waals surface area contributed by atoms with Crippen molar-refractivity contribution in [1.82, 2.24) is 19.9 Å². The molecule has 5 nitrogen and oxygen atoms in total. The molecule has 4 heterocycles. The zero-order valence-corrected chi connectivity index (χ0v) is 17.2. The number of nitrogens with zero attached hydrogens (tertiary/aromatic N) is 3. The van der Waals surface area contributed by atoms with E-state index in [1.807, 2.05) is 18.6 Å². The van der Waals surface area contributed by atoms with Crippen LogP contribution in [0.15, 0.2) is 30.7 Å². The topological polar surface area (TPSA) is 61.9 Å². The minimum Gasteiger partial charge on any atom is -0.346 e. The van der Waals surface area contributed by atoms with Crippen molar-refractivity contribution in [2.45, 2.75) is 51.4 Å². The number of carbonyl (C=O) groups excluding carboxylic acids is 1. The van der Waals surface area contributed by atoms with Gasteiger partial charge >= 0.3 is 0 Å². The Kier molecular flexibility index (Phi) is 5.08. The molecule has 0 amide bonds. The number of hydrogen-bond acceptors (Lipinski definition) is 4. The molecule has 0 aromatic carbocycles. The SMILES string of the molecule is CC1CCCN(CC(=O)C2CCC(c3ccnc4cnc5[nH]ccc5c34)CC2)C1. The van der Waals surface area contributed by atoms with Crippen LogP contribution in [0.1, 0.15) is 56.9 Å². The Hall–Kier alpha value is -2.27. The first-order valence-electron chi connectivity index (χ1n) is 11.1. The molecule has 1 aliphatic carbocycles. The van der Waals surface area contributed by atoms with Crippen molar-refractivity contribution in [2.24, 2.45) is 11.8 Å². The second-order valence-electron chi connectivity index (χ2n) is 9.16. The zero-order chi connectivity index (χ0) is 19.8. The first-order chi connectivity index (χ1) is 14.2. The van der Waals surface area contributed by atoms with Crippen LogP contribution in [0.25, 0.3) is 21.9 Å². The highest BCUT2D eigenvalue weighted by Crippen LogP contribution is 2.40. The fourth-order valence-electron chi connectivity index (χ4n) is 5.53. The van der Waals surface area contributed by atoms with Crippen molar-refractivity contribution in [2.75, 3.05) is 19.6 Å². The summed E-state index contributed by atoms with van der Waals surface area (Å²) in [4.78, 5) is 27.5. The second kappa shape index (κ2) is 7.86. The normalized spacial score (nSPS) is 26.2. The summed E-state index contributed by atoms with van der Waals surface area (Å²) in [5.41, 5.74) is 3.26. The fraction of sp³-hybridized carbons (Fsp3) is 0.542. The van der Waals surface area contributed by atoms with Crippen LogP contribution in [0.3, 0.4) is 0 Å². The Balaban J connectivity index is 1.30. The lowest BCUT2D eigenvalue weighted by Gasteiger charge is -2.33. The van der Waals surface area contributed by atoms with Gasteiger partial charge in [0, 0.05) is 35.6 Å². The number of aromatic nitrogens is 3. The zero-order valence-electron chi connectivity index (χ0n) is 17.2. The van der Waals surface area contributed by atoms with Crippen molar-refractivity contribution in [3.05, 3.63) is 36.3 Å². The Bertz CT molecular complexity index is 1020. The highest BCUT2D eigenvalue weighted by atomic mass is 16.1. The molecular formula is C24H30N4O. The van der Waals surface area contributed by atoms with Gasteiger partial charge in [0.1, 0.15) is 11.4 Å². The Morgan fingerprint density at radius 3 is 2.86 bits per heavy atom. The maximum absolute atomic E-state index is 12.9. The van der Waals surface area contributed by atoms with E-state index in [1.54, 1.807) is 0 Å². The van der Waals surface area contributed by atoms with E-state index in [0.29, 0.717) is 18.2 Å². The summed E-state index contributed by atoms with van der Waals surface area (Å²) in [6.45, 7) is 5.14. The van der Waals surface area contributed by atoms with Crippen LogP contribution in [0.4, 0.5) is 0 Å². The lowest BCUT2D eigenvalue weighted by Crippen LogP contribution is -2.40. The van der Waals surface area contributed by atoms with Crippen LogP contribution < -0.4 is 0 Å². The number of pyridine rings is 2. The van der Waals surface area contributed by atoms with Crippen LogP contribution in [0.2, 0.25) is 0 Å². The van der Waals surface area contributed by atoms with E-state index in [-0.39, 0.29) is 5.92 Å². The summed E-state index contributed by atoms with van der Waals surface area (Å²) >= 11 is 0. The van der Waals surface area contributed by atoms with Crippen molar-refractivity contribution in [1.29, 1.82) is 0 Å². The molecule has 152 valence electrons. The van der Waals surface area contributed by atoms with Gasteiger partial charge in [-0.1, -0.05) is 6.92 Å². The molecule has 1 N–H and O–H groups in total. The molecule has 2 aliphatic rings. The van der Waals surface area contributed by atoms with Gasteiger partial charge in [0.2, 0.25) is 0 Å². The molecule has 3 aromatic rings. The number of likely N-dealkylation sites (tertiary alicyclic amines) is 1. The van der Waals surface area contributed by atoms with Gasteiger partial charge in [-0.15, -0.1) is 0 Å². The summed E-state index contributed by atoms with van der Waals surface area (Å²) in [5, 5.41) is 2.39. The van der Waals surface area contributed by atoms with E-state index in [4.69, 9.17) is 0 Å². The van der Waals surface area contributed by atoms with E-state index >= 15 is 0 Å². The van der Waals surface area contributed by atoms with Gasteiger partial charge in [-0.25, -0.2) is 4.98 Å². The largest absolute Gasteiger partial charge is 0.346 e. The number of ketones is 1. The number of fused-ring (bicyclic) bond motifs is 3.